The lowest BCUT2D eigenvalue weighted by Gasteiger charge is -2.09. The molecule has 1 N–H and O–H groups in total. The molecule has 5 rings (SSSR count). The van der Waals surface area contributed by atoms with Crippen LogP contribution in [0.3, 0.4) is 0 Å². The van der Waals surface area contributed by atoms with E-state index in [9.17, 15) is 4.79 Å². The molecule has 0 fully saturated rings. The molecule has 0 radical (unpaired) electrons. The van der Waals surface area contributed by atoms with E-state index in [0.29, 0.717) is 18.9 Å². The zero-order chi connectivity index (χ0) is 24.2. The van der Waals surface area contributed by atoms with Crippen molar-refractivity contribution in [2.24, 2.45) is 0 Å². The van der Waals surface area contributed by atoms with Crippen LogP contribution in [0.15, 0.2) is 77.7 Å². The summed E-state index contributed by atoms with van der Waals surface area (Å²) in [5.41, 5.74) is 6.81. The molecule has 0 bridgehead atoms. The molecule has 0 aliphatic heterocycles. The number of benzene rings is 2. The molecule has 0 atom stereocenters. The van der Waals surface area contributed by atoms with Gasteiger partial charge in [-0.1, -0.05) is 74.0 Å². The van der Waals surface area contributed by atoms with Crippen molar-refractivity contribution in [2.75, 3.05) is 0 Å². The molecular formula is C27H27N7O. The highest BCUT2D eigenvalue weighted by atomic mass is 16.1. The molecule has 8 heteroatoms. The van der Waals surface area contributed by atoms with Gasteiger partial charge in [-0.25, -0.2) is 4.79 Å². The van der Waals surface area contributed by atoms with Crippen LogP contribution in [0.4, 0.5) is 0 Å². The van der Waals surface area contributed by atoms with Gasteiger partial charge in [0.2, 0.25) is 5.82 Å². The lowest BCUT2D eigenvalue weighted by Crippen LogP contribution is -2.26. The summed E-state index contributed by atoms with van der Waals surface area (Å²) in [6, 6.07) is 22.0. The van der Waals surface area contributed by atoms with Gasteiger partial charge in [-0.15, -0.1) is 10.2 Å². The van der Waals surface area contributed by atoms with E-state index in [1.54, 1.807) is 0 Å². The second-order valence-electron chi connectivity index (χ2n) is 8.56. The zero-order valence-electron chi connectivity index (χ0n) is 19.8. The SMILES string of the molecule is CCCc1c(C)n(Cc2ccccc2)c(=O)n1Cc1ccc(-c2ccccc2-c2nn[nH]n2)nc1. The summed E-state index contributed by atoms with van der Waals surface area (Å²) >= 11 is 0. The van der Waals surface area contributed by atoms with Crippen LogP contribution in [-0.2, 0) is 19.5 Å². The van der Waals surface area contributed by atoms with Gasteiger partial charge in [-0.05, 0) is 35.8 Å². The zero-order valence-corrected chi connectivity index (χ0v) is 19.8. The average molecular weight is 466 g/mol. The molecule has 0 saturated heterocycles. The van der Waals surface area contributed by atoms with Gasteiger partial charge in [0.15, 0.2) is 0 Å². The van der Waals surface area contributed by atoms with Crippen LogP contribution in [0.5, 0.6) is 0 Å². The first kappa shape index (κ1) is 22.5. The van der Waals surface area contributed by atoms with Gasteiger partial charge in [0.05, 0.1) is 18.8 Å². The summed E-state index contributed by atoms with van der Waals surface area (Å²) in [4.78, 5) is 18.2. The minimum Gasteiger partial charge on any atom is -0.292 e. The molecule has 0 unspecified atom stereocenters. The number of tetrazole rings is 1. The number of nitrogens with zero attached hydrogens (tertiary/aromatic N) is 6. The molecule has 35 heavy (non-hydrogen) atoms. The standard InChI is InChI=1S/C27H27N7O/c1-3-9-25-19(2)33(17-20-10-5-4-6-11-20)27(35)34(25)18-21-14-15-24(28-16-21)22-12-7-8-13-23(22)26-29-31-32-30-26/h4-8,10-16H,3,9,17-18H2,1-2H3,(H,29,30,31,32). The molecule has 3 heterocycles. The molecule has 8 nitrogen and oxygen atoms in total. The van der Waals surface area contributed by atoms with Crippen LogP contribution in [0.1, 0.15) is 35.9 Å². The number of rotatable bonds is 8. The lowest BCUT2D eigenvalue weighted by molar-refractivity contribution is 0.661. The quantitative estimate of drug-likeness (QED) is 0.370. The van der Waals surface area contributed by atoms with Crippen molar-refractivity contribution in [3.8, 4) is 22.6 Å². The van der Waals surface area contributed by atoms with E-state index in [1.165, 1.54) is 0 Å². The van der Waals surface area contributed by atoms with Crippen molar-refractivity contribution in [1.82, 2.24) is 34.7 Å². The Morgan fingerprint density at radius 2 is 1.60 bits per heavy atom. The maximum atomic E-state index is 13.4. The maximum absolute atomic E-state index is 13.4. The fourth-order valence-electron chi connectivity index (χ4n) is 4.46. The topological polar surface area (TPSA) is 94.3 Å². The Morgan fingerprint density at radius 1 is 0.857 bits per heavy atom. The monoisotopic (exact) mass is 465 g/mol. The number of hydrogen-bond acceptors (Lipinski definition) is 5. The molecule has 5 aromatic rings. The minimum atomic E-state index is 0.0151. The first-order valence-corrected chi connectivity index (χ1v) is 11.8. The molecule has 0 spiro atoms. The van der Waals surface area contributed by atoms with Crippen LogP contribution in [0.2, 0.25) is 0 Å². The van der Waals surface area contributed by atoms with Crippen LogP contribution in [0.25, 0.3) is 22.6 Å². The third kappa shape index (κ3) is 4.55. The Balaban J connectivity index is 1.45. The summed E-state index contributed by atoms with van der Waals surface area (Å²) in [5.74, 6) is 0.525. The van der Waals surface area contributed by atoms with Gasteiger partial charge in [0.1, 0.15) is 0 Å². The smallest absolute Gasteiger partial charge is 0.292 e. The van der Waals surface area contributed by atoms with Gasteiger partial charge in [-0.2, -0.15) is 5.21 Å². The van der Waals surface area contributed by atoms with Crippen LogP contribution < -0.4 is 5.69 Å². The van der Waals surface area contributed by atoms with E-state index in [0.717, 1.165) is 52.2 Å². The van der Waals surface area contributed by atoms with Crippen molar-refractivity contribution in [2.45, 2.75) is 39.8 Å². The lowest BCUT2D eigenvalue weighted by atomic mass is 10.0. The van der Waals surface area contributed by atoms with E-state index in [2.05, 4.69) is 39.7 Å². The molecule has 0 saturated carbocycles. The predicted molar refractivity (Wildman–Crippen MR) is 135 cm³/mol. The number of imidazole rings is 1. The molecule has 0 aliphatic carbocycles. The molecular weight excluding hydrogens is 438 g/mol. The first-order valence-electron chi connectivity index (χ1n) is 11.8. The Hall–Kier alpha value is -4.33. The summed E-state index contributed by atoms with van der Waals surface area (Å²) in [5, 5.41) is 14.4. The summed E-state index contributed by atoms with van der Waals surface area (Å²) < 4.78 is 3.77. The Kier molecular flexibility index (Phi) is 6.34. The number of pyridine rings is 1. The van der Waals surface area contributed by atoms with Gasteiger partial charge in [0.25, 0.3) is 0 Å². The van der Waals surface area contributed by atoms with E-state index in [1.807, 2.05) is 76.9 Å². The van der Waals surface area contributed by atoms with E-state index < -0.39 is 0 Å². The Labute approximate surface area is 203 Å². The largest absolute Gasteiger partial charge is 0.329 e. The Morgan fingerprint density at radius 3 is 2.29 bits per heavy atom. The normalized spacial score (nSPS) is 11.1. The van der Waals surface area contributed by atoms with Crippen LogP contribution in [-0.4, -0.2) is 34.7 Å². The molecule has 176 valence electrons. The number of hydrogen-bond donors (Lipinski definition) is 1. The fourth-order valence-corrected chi connectivity index (χ4v) is 4.46. The third-order valence-corrected chi connectivity index (χ3v) is 6.24. The van der Waals surface area contributed by atoms with Gasteiger partial charge >= 0.3 is 5.69 Å². The van der Waals surface area contributed by atoms with Gasteiger partial charge in [-0.3, -0.25) is 14.1 Å². The summed E-state index contributed by atoms with van der Waals surface area (Å²) in [7, 11) is 0. The predicted octanol–water partition coefficient (Wildman–Crippen LogP) is 4.25. The van der Waals surface area contributed by atoms with Crippen molar-refractivity contribution < 1.29 is 0 Å². The maximum Gasteiger partial charge on any atom is 0.329 e. The van der Waals surface area contributed by atoms with Crippen LogP contribution in [0, 0.1) is 6.92 Å². The number of aromatic amines is 1. The number of aromatic nitrogens is 7. The highest BCUT2D eigenvalue weighted by Crippen LogP contribution is 2.28. The van der Waals surface area contributed by atoms with Crippen molar-refractivity contribution in [3.05, 3.63) is 106 Å². The summed E-state index contributed by atoms with van der Waals surface area (Å²) in [6.45, 7) is 5.23. The minimum absolute atomic E-state index is 0.0151. The van der Waals surface area contributed by atoms with E-state index in [-0.39, 0.29) is 5.69 Å². The molecule has 2 aromatic carbocycles. The highest BCUT2D eigenvalue weighted by molar-refractivity contribution is 5.78. The first-order chi connectivity index (χ1) is 17.2. The summed E-state index contributed by atoms with van der Waals surface area (Å²) in [6.07, 6.45) is 3.67. The van der Waals surface area contributed by atoms with Crippen molar-refractivity contribution in [3.63, 3.8) is 0 Å². The molecule has 3 aromatic heterocycles. The third-order valence-electron chi connectivity index (χ3n) is 6.24. The molecule has 0 amide bonds. The van der Waals surface area contributed by atoms with Gasteiger partial charge in [0, 0.05) is 28.7 Å². The number of nitrogens with one attached hydrogen (secondary N) is 1. The molecule has 0 aliphatic rings. The Bertz CT molecular complexity index is 1470. The fraction of sp³-hybridized carbons (Fsp3) is 0.222. The van der Waals surface area contributed by atoms with Gasteiger partial charge < -0.3 is 0 Å². The highest BCUT2D eigenvalue weighted by Gasteiger charge is 2.17. The average Bonchev–Trinajstić information content (AvgIpc) is 3.51. The second-order valence-corrected chi connectivity index (χ2v) is 8.56. The van der Waals surface area contributed by atoms with E-state index in [4.69, 9.17) is 4.98 Å². The van der Waals surface area contributed by atoms with Crippen LogP contribution >= 0.6 is 0 Å². The van der Waals surface area contributed by atoms with E-state index >= 15 is 0 Å². The van der Waals surface area contributed by atoms with Crippen molar-refractivity contribution >= 4 is 0 Å². The van der Waals surface area contributed by atoms with Crippen molar-refractivity contribution in [1.29, 1.82) is 0 Å². The number of H-pyrrole nitrogens is 1. The second kappa shape index (κ2) is 9.89.